The topological polar surface area (TPSA) is 44.8 Å². The van der Waals surface area contributed by atoms with Crippen molar-refractivity contribution in [3.63, 3.8) is 0 Å². The van der Waals surface area contributed by atoms with E-state index in [0.717, 1.165) is 18.5 Å². The summed E-state index contributed by atoms with van der Waals surface area (Å²) in [6.07, 6.45) is 8.68. The number of rotatable bonds is 0. The molecule has 5 nitrogen and oxygen atoms in total. The van der Waals surface area contributed by atoms with E-state index in [2.05, 4.69) is 11.2 Å². The van der Waals surface area contributed by atoms with Gasteiger partial charge in [0.05, 0.1) is 0 Å². The first-order valence-electron chi connectivity index (χ1n) is 6.49. The van der Waals surface area contributed by atoms with E-state index < -0.39 is 11.4 Å². The van der Waals surface area contributed by atoms with Crippen LogP contribution in [0.3, 0.4) is 0 Å². The Bertz CT molecular complexity index is 458. The Hall–Kier alpha value is -1.83. The van der Waals surface area contributed by atoms with Crippen molar-refractivity contribution in [3.05, 3.63) is 11.9 Å². The van der Waals surface area contributed by atoms with Gasteiger partial charge >= 0.3 is 6.09 Å². The summed E-state index contributed by atoms with van der Waals surface area (Å²) in [5.74, 6) is 2.05. The van der Waals surface area contributed by atoms with Gasteiger partial charge in [-0.05, 0) is 27.2 Å². The number of likely N-dealkylation sites (tertiary alicyclic amines) is 1. The quantitative estimate of drug-likeness (QED) is 0.675. The summed E-state index contributed by atoms with van der Waals surface area (Å²) in [6, 6.07) is 0. The number of carbonyl (C=O) groups is 1. The Morgan fingerprint density at radius 2 is 2.26 bits per heavy atom. The highest BCUT2D eigenvalue weighted by Gasteiger charge is 2.50. The van der Waals surface area contributed by atoms with Gasteiger partial charge in [0.15, 0.2) is 5.79 Å². The lowest BCUT2D eigenvalue weighted by molar-refractivity contribution is -0.0287. The molecule has 0 aromatic carbocycles. The predicted molar refractivity (Wildman–Crippen MR) is 72.7 cm³/mol. The van der Waals surface area contributed by atoms with Crippen molar-refractivity contribution in [2.75, 3.05) is 13.6 Å². The third-order valence-corrected chi connectivity index (χ3v) is 3.47. The van der Waals surface area contributed by atoms with Crippen LogP contribution >= 0.6 is 0 Å². The van der Waals surface area contributed by atoms with Crippen LogP contribution in [-0.2, 0) is 4.74 Å². The number of nitrogens with zero attached hydrogens (tertiary/aromatic N) is 2. The second-order valence-electron chi connectivity index (χ2n) is 5.93. The van der Waals surface area contributed by atoms with Crippen LogP contribution in [0.4, 0.5) is 4.79 Å². The molecular weight excluding hydrogens is 242 g/mol. The number of amides is 1. The number of hydrogen-bond acceptors (Lipinski definition) is 4. The van der Waals surface area contributed by atoms with Crippen molar-refractivity contribution in [2.24, 2.45) is 0 Å². The summed E-state index contributed by atoms with van der Waals surface area (Å²) in [7, 11) is 1.90. The lowest BCUT2D eigenvalue weighted by Crippen LogP contribution is -2.62. The third-order valence-electron chi connectivity index (χ3n) is 3.47. The van der Waals surface area contributed by atoms with Crippen molar-refractivity contribution in [3.8, 4) is 12.3 Å². The molecule has 1 N–H and O–H groups in total. The lowest BCUT2D eigenvalue weighted by atomic mass is 10.2. The minimum absolute atomic E-state index is 0.309. The molecule has 1 unspecified atom stereocenters. The van der Waals surface area contributed by atoms with Crippen LogP contribution in [0.25, 0.3) is 0 Å². The molecule has 104 valence electrons. The minimum Gasteiger partial charge on any atom is -0.444 e. The summed E-state index contributed by atoms with van der Waals surface area (Å²) in [4.78, 5) is 16.0. The largest absolute Gasteiger partial charge is 0.444 e. The Morgan fingerprint density at radius 3 is 2.79 bits per heavy atom. The molecule has 0 aromatic heterocycles. The van der Waals surface area contributed by atoms with E-state index in [1.54, 1.807) is 11.1 Å². The Kier molecular flexibility index (Phi) is 3.13. The summed E-state index contributed by atoms with van der Waals surface area (Å²) in [5.41, 5.74) is 0.246. The summed E-state index contributed by atoms with van der Waals surface area (Å²) < 4.78 is 5.47. The molecule has 5 heteroatoms. The highest BCUT2D eigenvalue weighted by molar-refractivity contribution is 5.70. The van der Waals surface area contributed by atoms with Crippen molar-refractivity contribution in [1.82, 2.24) is 15.1 Å². The predicted octanol–water partition coefficient (Wildman–Crippen LogP) is 1.68. The van der Waals surface area contributed by atoms with Gasteiger partial charge in [0, 0.05) is 26.2 Å². The lowest BCUT2D eigenvalue weighted by Gasteiger charge is -2.42. The SMILES string of the molecule is C#CC1=CNC2(CCCN2C(=O)OC(C)(C)C)N1C. The van der Waals surface area contributed by atoms with E-state index in [1.165, 1.54) is 0 Å². The molecule has 0 aliphatic carbocycles. The van der Waals surface area contributed by atoms with Crippen LogP contribution in [0.5, 0.6) is 0 Å². The van der Waals surface area contributed by atoms with Crippen LogP contribution in [-0.4, -0.2) is 40.9 Å². The average molecular weight is 263 g/mol. The number of nitrogens with one attached hydrogen (secondary N) is 1. The highest BCUT2D eigenvalue weighted by atomic mass is 16.6. The van der Waals surface area contributed by atoms with Gasteiger partial charge in [-0.2, -0.15) is 0 Å². The number of ether oxygens (including phenoxy) is 1. The molecule has 1 atom stereocenters. The zero-order chi connectivity index (χ0) is 14.3. The molecule has 19 heavy (non-hydrogen) atoms. The van der Waals surface area contributed by atoms with Gasteiger partial charge in [0.1, 0.15) is 11.3 Å². The molecule has 0 bridgehead atoms. The smallest absolute Gasteiger partial charge is 0.413 e. The Morgan fingerprint density at radius 1 is 1.58 bits per heavy atom. The van der Waals surface area contributed by atoms with E-state index in [1.807, 2.05) is 32.7 Å². The van der Waals surface area contributed by atoms with Crippen LogP contribution in [0.1, 0.15) is 33.6 Å². The molecular formula is C14H21N3O2. The first-order chi connectivity index (χ1) is 8.80. The Labute approximate surface area is 114 Å². The van der Waals surface area contributed by atoms with Crippen LogP contribution < -0.4 is 5.32 Å². The van der Waals surface area contributed by atoms with E-state index >= 15 is 0 Å². The van der Waals surface area contributed by atoms with Crippen molar-refractivity contribution >= 4 is 6.09 Å². The molecule has 2 aliphatic heterocycles. The second-order valence-corrected chi connectivity index (χ2v) is 5.93. The van der Waals surface area contributed by atoms with Crippen LogP contribution in [0, 0.1) is 12.3 Å². The molecule has 1 spiro atoms. The first-order valence-corrected chi connectivity index (χ1v) is 6.49. The molecule has 2 aliphatic rings. The normalized spacial score (nSPS) is 26.2. The summed E-state index contributed by atoms with van der Waals surface area (Å²) in [6.45, 7) is 6.26. The number of allylic oxidation sites excluding steroid dienone is 1. The number of carbonyl (C=O) groups excluding carboxylic acids is 1. The molecule has 0 aromatic rings. The maximum Gasteiger partial charge on any atom is 0.413 e. The zero-order valence-electron chi connectivity index (χ0n) is 12.0. The van der Waals surface area contributed by atoms with Crippen LogP contribution in [0.2, 0.25) is 0 Å². The van der Waals surface area contributed by atoms with E-state index in [9.17, 15) is 4.79 Å². The zero-order valence-corrected chi connectivity index (χ0v) is 12.0. The van der Waals surface area contributed by atoms with Gasteiger partial charge in [-0.1, -0.05) is 5.92 Å². The monoisotopic (exact) mass is 263 g/mol. The molecule has 2 rings (SSSR count). The molecule has 0 radical (unpaired) electrons. The average Bonchev–Trinajstić information content (AvgIpc) is 2.84. The molecule has 1 saturated heterocycles. The van der Waals surface area contributed by atoms with Crippen molar-refractivity contribution < 1.29 is 9.53 Å². The van der Waals surface area contributed by atoms with Gasteiger partial charge < -0.3 is 15.0 Å². The maximum absolute atomic E-state index is 12.3. The Balaban J connectivity index is 2.19. The highest BCUT2D eigenvalue weighted by Crippen LogP contribution is 2.36. The first kappa shape index (κ1) is 13.6. The standard InChI is InChI=1S/C14H21N3O2/c1-6-11-10-15-14(16(11)5)8-7-9-17(14)12(18)19-13(2,3)4/h1,10,15H,7-9H2,2-5H3. The molecule has 1 amide bonds. The fourth-order valence-corrected chi connectivity index (χ4v) is 2.58. The van der Waals surface area contributed by atoms with E-state index in [4.69, 9.17) is 11.2 Å². The molecule has 0 saturated carbocycles. The van der Waals surface area contributed by atoms with Gasteiger partial charge in [0.25, 0.3) is 0 Å². The van der Waals surface area contributed by atoms with Gasteiger partial charge in [-0.3, -0.25) is 4.90 Å². The van der Waals surface area contributed by atoms with Gasteiger partial charge in [-0.25, -0.2) is 4.79 Å². The maximum atomic E-state index is 12.3. The number of hydrogen-bond donors (Lipinski definition) is 1. The van der Waals surface area contributed by atoms with Crippen molar-refractivity contribution in [1.29, 1.82) is 0 Å². The fraction of sp³-hybridized carbons (Fsp3) is 0.643. The van der Waals surface area contributed by atoms with Crippen molar-refractivity contribution in [2.45, 2.75) is 45.0 Å². The second kappa shape index (κ2) is 4.37. The van der Waals surface area contributed by atoms with E-state index in [-0.39, 0.29) is 6.09 Å². The molecule has 1 fully saturated rings. The fourth-order valence-electron chi connectivity index (χ4n) is 2.58. The van der Waals surface area contributed by atoms with Crippen LogP contribution in [0.15, 0.2) is 11.9 Å². The van der Waals surface area contributed by atoms with E-state index in [0.29, 0.717) is 6.54 Å². The van der Waals surface area contributed by atoms with Gasteiger partial charge in [0.2, 0.25) is 0 Å². The third kappa shape index (κ3) is 2.23. The number of terminal acetylenes is 1. The summed E-state index contributed by atoms with van der Waals surface area (Å²) in [5, 5.41) is 3.25. The molecule has 2 heterocycles. The minimum atomic E-state index is -0.565. The van der Waals surface area contributed by atoms with Gasteiger partial charge in [-0.15, -0.1) is 6.42 Å². The summed E-state index contributed by atoms with van der Waals surface area (Å²) >= 11 is 0.